The van der Waals surface area contributed by atoms with Gasteiger partial charge >= 0.3 is 0 Å². The van der Waals surface area contributed by atoms with E-state index in [-0.39, 0.29) is 11.8 Å². The lowest BCUT2D eigenvalue weighted by Crippen LogP contribution is -2.44. The average molecular weight is 460 g/mol. The SMILES string of the molecule is Cc1sc(-n2cnnn2)c(C(=O)N2CCCCNC(=O)CC3CCCCN3CCC2)c1C. The van der Waals surface area contributed by atoms with Gasteiger partial charge in [-0.15, -0.1) is 16.4 Å². The molecule has 0 aliphatic carbocycles. The zero-order valence-electron chi connectivity index (χ0n) is 19.0. The fourth-order valence-corrected chi connectivity index (χ4v) is 5.81. The number of tetrazole rings is 1. The fourth-order valence-electron chi connectivity index (χ4n) is 4.74. The Morgan fingerprint density at radius 1 is 1.09 bits per heavy atom. The van der Waals surface area contributed by atoms with Gasteiger partial charge in [-0.25, -0.2) is 0 Å². The van der Waals surface area contributed by atoms with Gasteiger partial charge in [-0.3, -0.25) is 14.5 Å². The van der Waals surface area contributed by atoms with Gasteiger partial charge in [-0.1, -0.05) is 6.42 Å². The first-order chi connectivity index (χ1) is 15.5. The lowest BCUT2D eigenvalue weighted by molar-refractivity contribution is -0.122. The summed E-state index contributed by atoms with van der Waals surface area (Å²) >= 11 is 1.55. The number of aryl methyl sites for hydroxylation is 1. The molecule has 9 nitrogen and oxygen atoms in total. The van der Waals surface area contributed by atoms with Crippen LogP contribution in [0.1, 0.15) is 65.7 Å². The summed E-state index contributed by atoms with van der Waals surface area (Å²) in [5, 5.41) is 15.4. The van der Waals surface area contributed by atoms with E-state index >= 15 is 0 Å². The summed E-state index contributed by atoms with van der Waals surface area (Å²) in [7, 11) is 0. The molecular weight excluding hydrogens is 426 g/mol. The summed E-state index contributed by atoms with van der Waals surface area (Å²) in [5.74, 6) is 0.205. The molecule has 2 amide bonds. The number of piperidine rings is 1. The Balaban J connectivity index is 1.53. The van der Waals surface area contributed by atoms with Gasteiger partial charge < -0.3 is 10.2 Å². The predicted octanol–water partition coefficient (Wildman–Crippen LogP) is 2.33. The highest BCUT2D eigenvalue weighted by molar-refractivity contribution is 7.15. The van der Waals surface area contributed by atoms with Crippen LogP contribution in [0.25, 0.3) is 5.00 Å². The van der Waals surface area contributed by atoms with Crippen LogP contribution in [-0.4, -0.2) is 80.6 Å². The Morgan fingerprint density at radius 2 is 1.88 bits per heavy atom. The maximum absolute atomic E-state index is 13.7. The van der Waals surface area contributed by atoms with Crippen molar-refractivity contribution in [2.45, 2.75) is 64.8 Å². The number of carbonyl (C=O) groups excluding carboxylic acids is 2. The largest absolute Gasteiger partial charge is 0.356 e. The van der Waals surface area contributed by atoms with Crippen LogP contribution >= 0.6 is 11.3 Å². The van der Waals surface area contributed by atoms with Gasteiger partial charge in [-0.05, 0) is 68.5 Å². The molecule has 174 valence electrons. The molecule has 0 aromatic carbocycles. The van der Waals surface area contributed by atoms with Gasteiger partial charge in [0.1, 0.15) is 11.3 Å². The quantitative estimate of drug-likeness (QED) is 0.741. The molecule has 2 aromatic rings. The number of rotatable bonds is 2. The molecule has 1 unspecified atom stereocenters. The molecule has 2 aromatic heterocycles. The van der Waals surface area contributed by atoms with Crippen molar-refractivity contribution in [2.75, 3.05) is 32.7 Å². The first-order valence-electron chi connectivity index (χ1n) is 11.7. The Bertz CT molecular complexity index is 927. The summed E-state index contributed by atoms with van der Waals surface area (Å²) in [6.45, 7) is 8.06. The minimum Gasteiger partial charge on any atom is -0.356 e. The smallest absolute Gasteiger partial charge is 0.257 e. The van der Waals surface area contributed by atoms with Crippen molar-refractivity contribution < 1.29 is 9.59 Å². The highest BCUT2D eigenvalue weighted by Gasteiger charge is 2.28. The van der Waals surface area contributed by atoms with Gasteiger partial charge in [0.05, 0.1) is 5.56 Å². The maximum Gasteiger partial charge on any atom is 0.257 e. The van der Waals surface area contributed by atoms with Crippen LogP contribution in [0.4, 0.5) is 0 Å². The summed E-state index contributed by atoms with van der Waals surface area (Å²) in [6, 6.07) is 0.321. The molecule has 2 aliphatic rings. The second kappa shape index (κ2) is 10.5. The van der Waals surface area contributed by atoms with Gasteiger partial charge in [-0.2, -0.15) is 4.68 Å². The van der Waals surface area contributed by atoms with E-state index < -0.39 is 0 Å². The zero-order valence-corrected chi connectivity index (χ0v) is 19.9. The molecule has 0 bridgehead atoms. The number of hydrogen-bond donors (Lipinski definition) is 1. The zero-order chi connectivity index (χ0) is 22.5. The molecule has 0 saturated carbocycles. The Hall–Kier alpha value is -2.33. The molecule has 2 saturated heterocycles. The molecule has 1 N–H and O–H groups in total. The molecule has 2 fully saturated rings. The van der Waals surface area contributed by atoms with Gasteiger partial charge in [0.25, 0.3) is 5.91 Å². The van der Waals surface area contributed by atoms with Crippen LogP contribution in [0.2, 0.25) is 0 Å². The van der Waals surface area contributed by atoms with E-state index in [1.807, 2.05) is 18.7 Å². The molecule has 0 spiro atoms. The second-order valence-electron chi connectivity index (χ2n) is 8.81. The van der Waals surface area contributed by atoms with E-state index in [2.05, 4.69) is 25.7 Å². The van der Waals surface area contributed by atoms with Crippen molar-refractivity contribution in [3.63, 3.8) is 0 Å². The Morgan fingerprint density at radius 3 is 2.69 bits per heavy atom. The van der Waals surface area contributed by atoms with Crippen LogP contribution in [-0.2, 0) is 4.79 Å². The van der Waals surface area contributed by atoms with Crippen LogP contribution in [0.3, 0.4) is 0 Å². The number of hydrogen-bond acceptors (Lipinski definition) is 7. The topological polar surface area (TPSA) is 96.2 Å². The summed E-state index contributed by atoms with van der Waals surface area (Å²) in [5.41, 5.74) is 1.70. The van der Waals surface area contributed by atoms with Crippen molar-refractivity contribution in [3.8, 4) is 5.00 Å². The number of aromatic nitrogens is 4. The third-order valence-electron chi connectivity index (χ3n) is 6.65. The van der Waals surface area contributed by atoms with E-state index in [0.717, 1.165) is 54.2 Å². The van der Waals surface area contributed by atoms with Crippen LogP contribution in [0.5, 0.6) is 0 Å². The van der Waals surface area contributed by atoms with Crippen molar-refractivity contribution in [1.29, 1.82) is 0 Å². The molecular formula is C22H33N7O2S. The number of nitrogens with one attached hydrogen (secondary N) is 1. The molecule has 1 atom stereocenters. The number of nitrogens with zero attached hydrogens (tertiary/aromatic N) is 6. The van der Waals surface area contributed by atoms with Gasteiger partial charge in [0, 0.05) is 43.5 Å². The normalized spacial score (nSPS) is 21.8. The molecule has 4 heterocycles. The summed E-state index contributed by atoms with van der Waals surface area (Å²) < 4.78 is 1.59. The van der Waals surface area contributed by atoms with Crippen molar-refractivity contribution in [3.05, 3.63) is 22.3 Å². The van der Waals surface area contributed by atoms with E-state index in [4.69, 9.17) is 0 Å². The van der Waals surface area contributed by atoms with Gasteiger partial charge in [0.2, 0.25) is 5.91 Å². The van der Waals surface area contributed by atoms with Crippen LogP contribution < -0.4 is 5.32 Å². The monoisotopic (exact) mass is 459 g/mol. The maximum atomic E-state index is 13.7. The second-order valence-corrected chi connectivity index (χ2v) is 10.0. The molecule has 10 heteroatoms. The highest BCUT2D eigenvalue weighted by Crippen LogP contribution is 2.31. The van der Waals surface area contributed by atoms with Gasteiger partial charge in [0.15, 0.2) is 0 Å². The average Bonchev–Trinajstić information content (AvgIpc) is 3.41. The number of amides is 2. The molecule has 32 heavy (non-hydrogen) atoms. The number of thiophene rings is 1. The third-order valence-corrected chi connectivity index (χ3v) is 7.84. The minimum absolute atomic E-state index is 0.0476. The fraction of sp³-hybridized carbons (Fsp3) is 0.682. The standard InChI is InChI=1S/C22H33N7O2S/c1-16-17(2)32-22(29-15-24-25-26-29)20(16)21(31)28-11-6-4-9-23-19(30)14-18-8-3-5-10-27(18)12-7-13-28/h15,18H,3-14H2,1-2H3,(H,23,30). The minimum atomic E-state index is 0.0476. The first-order valence-corrected chi connectivity index (χ1v) is 12.5. The van der Waals surface area contributed by atoms with E-state index in [1.165, 1.54) is 12.8 Å². The van der Waals surface area contributed by atoms with E-state index in [0.29, 0.717) is 37.7 Å². The predicted molar refractivity (Wildman–Crippen MR) is 123 cm³/mol. The van der Waals surface area contributed by atoms with Crippen LogP contribution in [0.15, 0.2) is 6.33 Å². The lowest BCUT2D eigenvalue weighted by Gasteiger charge is -2.35. The third kappa shape index (κ3) is 5.17. The first kappa shape index (κ1) is 22.8. The lowest BCUT2D eigenvalue weighted by atomic mass is 9.98. The van der Waals surface area contributed by atoms with Crippen molar-refractivity contribution in [2.24, 2.45) is 0 Å². The Labute approximate surface area is 193 Å². The number of carbonyl (C=O) groups is 2. The van der Waals surface area contributed by atoms with Crippen molar-refractivity contribution >= 4 is 23.2 Å². The summed E-state index contributed by atoms with van der Waals surface area (Å²) in [6.07, 6.45) is 8.23. The molecule has 2 aliphatic heterocycles. The van der Waals surface area contributed by atoms with E-state index in [9.17, 15) is 9.59 Å². The Kier molecular flexibility index (Phi) is 7.51. The number of fused-ring (bicyclic) bond motifs is 1. The van der Waals surface area contributed by atoms with Crippen LogP contribution in [0, 0.1) is 13.8 Å². The molecule has 4 rings (SSSR count). The van der Waals surface area contributed by atoms with E-state index in [1.54, 1.807) is 22.3 Å². The molecule has 0 radical (unpaired) electrons. The highest BCUT2D eigenvalue weighted by atomic mass is 32.1. The summed E-state index contributed by atoms with van der Waals surface area (Å²) in [4.78, 5) is 31.6. The van der Waals surface area contributed by atoms with Crippen molar-refractivity contribution in [1.82, 2.24) is 35.3 Å².